The van der Waals surface area contributed by atoms with E-state index < -0.39 is 0 Å². The van der Waals surface area contributed by atoms with Crippen LogP contribution in [0.3, 0.4) is 0 Å². The van der Waals surface area contributed by atoms with Crippen LogP contribution in [0.25, 0.3) is 60.0 Å². The van der Waals surface area contributed by atoms with Crippen LogP contribution in [0, 0.1) is 0 Å². The average Bonchev–Trinajstić information content (AvgIpc) is 3.57. The van der Waals surface area contributed by atoms with Gasteiger partial charge < -0.3 is 15.1 Å². The van der Waals surface area contributed by atoms with Gasteiger partial charge in [0, 0.05) is 28.6 Å². The van der Waals surface area contributed by atoms with E-state index in [0.717, 1.165) is 56.1 Å². The predicted molar refractivity (Wildman–Crippen MR) is 203 cm³/mol. The Balaban J connectivity index is 1.18. The number of hydrogen-bond acceptors (Lipinski definition) is 5. The first-order chi connectivity index (χ1) is 24.3. The van der Waals surface area contributed by atoms with Gasteiger partial charge in [-0.25, -0.2) is 9.98 Å². The average molecular weight is 631 g/mol. The van der Waals surface area contributed by atoms with Crippen LogP contribution in [0.1, 0.15) is 22.9 Å². The fourth-order valence-corrected chi connectivity index (χ4v) is 7.48. The van der Waals surface area contributed by atoms with Gasteiger partial charge in [-0.15, -0.1) is 0 Å². The van der Waals surface area contributed by atoms with Gasteiger partial charge >= 0.3 is 0 Å². The normalized spacial score (nSPS) is 15.8. The van der Waals surface area contributed by atoms with Crippen molar-refractivity contribution in [3.63, 3.8) is 0 Å². The molecule has 3 heterocycles. The maximum atomic E-state index is 6.80. The molecule has 2 aliphatic heterocycles. The number of rotatable bonds is 4. The largest absolute Gasteiger partial charge is 0.439 e. The summed E-state index contributed by atoms with van der Waals surface area (Å²) < 4.78 is 6.80. The van der Waals surface area contributed by atoms with Crippen LogP contribution < -0.4 is 10.6 Å². The molecular formula is C44H30N4O. The Labute approximate surface area is 283 Å². The summed E-state index contributed by atoms with van der Waals surface area (Å²) in [4.78, 5) is 10.3. The monoisotopic (exact) mass is 630 g/mol. The topological polar surface area (TPSA) is 61.9 Å². The zero-order chi connectivity index (χ0) is 32.3. The maximum absolute atomic E-state index is 6.80. The standard InChI is InChI=1S/C44H30N4O/c1-3-13-28(14-4-1)41-46-42(29-15-5-2-6-16-29)48-43(47-41)36-24-25-45-44-39(36)35-21-11-20-34(40(35)49-44)38-26-37-30-17-8-7-12-27(30)22-23-33(37)31-18-9-10-19-32(31)38/h1-24,26,41,45H,25H2,(H,46,47,48). The second-order valence-electron chi connectivity index (χ2n) is 12.6. The van der Waals surface area contributed by atoms with Crippen LogP contribution in [0.4, 0.5) is 5.88 Å². The third-order valence-electron chi connectivity index (χ3n) is 9.76. The molecule has 7 aromatic carbocycles. The van der Waals surface area contributed by atoms with Crippen LogP contribution >= 0.6 is 0 Å². The Hall–Kier alpha value is -6.46. The molecular weight excluding hydrogens is 601 g/mol. The number of para-hydroxylation sites is 1. The van der Waals surface area contributed by atoms with Crippen molar-refractivity contribution in [3.8, 4) is 11.1 Å². The summed E-state index contributed by atoms with van der Waals surface area (Å²) in [5, 5.41) is 15.5. The first kappa shape index (κ1) is 27.6. The summed E-state index contributed by atoms with van der Waals surface area (Å²) in [6.45, 7) is 0.612. The second kappa shape index (κ2) is 11.1. The van der Waals surface area contributed by atoms with Gasteiger partial charge in [0.2, 0.25) is 5.88 Å². The zero-order valence-corrected chi connectivity index (χ0v) is 26.5. The summed E-state index contributed by atoms with van der Waals surface area (Å²) >= 11 is 0. The fraction of sp³-hybridized carbons (Fsp3) is 0.0455. The molecule has 0 spiro atoms. The minimum atomic E-state index is -0.282. The van der Waals surface area contributed by atoms with Crippen LogP contribution in [0.2, 0.25) is 0 Å². The van der Waals surface area contributed by atoms with E-state index in [1.807, 2.05) is 36.4 Å². The van der Waals surface area contributed by atoms with E-state index in [-0.39, 0.29) is 6.17 Å². The predicted octanol–water partition coefficient (Wildman–Crippen LogP) is 10.5. The molecule has 0 saturated heterocycles. The van der Waals surface area contributed by atoms with Crippen molar-refractivity contribution in [2.45, 2.75) is 6.17 Å². The number of nitrogens with zero attached hydrogens (tertiary/aromatic N) is 2. The molecule has 5 heteroatoms. The first-order valence-electron chi connectivity index (χ1n) is 16.7. The van der Waals surface area contributed by atoms with Crippen molar-refractivity contribution in [1.82, 2.24) is 5.32 Å². The third kappa shape index (κ3) is 4.47. The lowest BCUT2D eigenvalue weighted by atomic mass is 9.90. The molecule has 10 rings (SSSR count). The number of hydrogen-bond donors (Lipinski definition) is 2. The highest BCUT2D eigenvalue weighted by Crippen LogP contribution is 2.45. The number of fused-ring (bicyclic) bond motifs is 8. The zero-order valence-electron chi connectivity index (χ0n) is 26.5. The highest BCUT2D eigenvalue weighted by Gasteiger charge is 2.29. The first-order valence-corrected chi connectivity index (χ1v) is 16.7. The molecule has 1 aromatic heterocycles. The lowest BCUT2D eigenvalue weighted by Gasteiger charge is -2.25. The van der Waals surface area contributed by atoms with Crippen molar-refractivity contribution in [3.05, 3.63) is 168 Å². The third-order valence-corrected chi connectivity index (χ3v) is 9.76. The molecule has 0 radical (unpaired) electrons. The van der Waals surface area contributed by atoms with Gasteiger partial charge in [-0.05, 0) is 49.5 Å². The van der Waals surface area contributed by atoms with Crippen molar-refractivity contribution in [2.24, 2.45) is 9.98 Å². The lowest BCUT2D eigenvalue weighted by molar-refractivity contribution is 0.628. The minimum absolute atomic E-state index is 0.282. The Bertz CT molecular complexity index is 2690. The van der Waals surface area contributed by atoms with Crippen LogP contribution in [0.5, 0.6) is 0 Å². The molecule has 0 amide bonds. The van der Waals surface area contributed by atoms with E-state index in [1.54, 1.807) is 0 Å². The molecule has 5 nitrogen and oxygen atoms in total. The highest BCUT2D eigenvalue weighted by atomic mass is 16.4. The second-order valence-corrected chi connectivity index (χ2v) is 12.6. The number of benzene rings is 7. The summed E-state index contributed by atoms with van der Waals surface area (Å²) in [5.41, 5.74) is 7.10. The summed E-state index contributed by atoms with van der Waals surface area (Å²) in [7, 11) is 0. The van der Waals surface area contributed by atoms with Gasteiger partial charge in [0.25, 0.3) is 0 Å². The number of amidine groups is 2. The van der Waals surface area contributed by atoms with Crippen molar-refractivity contribution >= 4 is 66.4 Å². The smallest absolute Gasteiger partial charge is 0.202 e. The molecule has 2 N–H and O–H groups in total. The van der Waals surface area contributed by atoms with Gasteiger partial charge in [0.15, 0.2) is 5.84 Å². The number of aliphatic imine (C=N–C) groups is 2. The van der Waals surface area contributed by atoms with E-state index in [1.165, 1.54) is 32.3 Å². The summed E-state index contributed by atoms with van der Waals surface area (Å²) in [6.07, 6.45) is 1.90. The Morgan fingerprint density at radius 1 is 0.592 bits per heavy atom. The summed E-state index contributed by atoms with van der Waals surface area (Å²) in [5.74, 6) is 2.22. The molecule has 2 aliphatic rings. The molecule has 1 atom stereocenters. The Morgan fingerprint density at radius 2 is 1.31 bits per heavy atom. The molecule has 8 aromatic rings. The van der Waals surface area contributed by atoms with E-state index in [0.29, 0.717) is 12.4 Å². The van der Waals surface area contributed by atoms with Gasteiger partial charge in [-0.2, -0.15) is 0 Å². The molecule has 232 valence electrons. The number of nitrogens with one attached hydrogen (secondary N) is 2. The van der Waals surface area contributed by atoms with Gasteiger partial charge in [-0.1, -0.05) is 146 Å². The highest BCUT2D eigenvalue weighted by molar-refractivity contribution is 6.32. The van der Waals surface area contributed by atoms with Gasteiger partial charge in [-0.3, -0.25) is 0 Å². The van der Waals surface area contributed by atoms with Crippen molar-refractivity contribution in [1.29, 1.82) is 0 Å². The number of furan rings is 1. The minimum Gasteiger partial charge on any atom is -0.439 e. The Morgan fingerprint density at radius 3 is 2.16 bits per heavy atom. The SMILES string of the molecule is C1=C(C2=NC(c3ccccc3)NC(c3ccccc3)=N2)c2c(oc3c(-c4cc5c6ccccc6ccc5c5ccccc45)cccc23)NC1. The molecule has 1 unspecified atom stereocenters. The van der Waals surface area contributed by atoms with Gasteiger partial charge in [0.1, 0.15) is 17.6 Å². The van der Waals surface area contributed by atoms with E-state index >= 15 is 0 Å². The number of anilines is 1. The van der Waals surface area contributed by atoms with Crippen LogP contribution in [-0.4, -0.2) is 18.2 Å². The van der Waals surface area contributed by atoms with Crippen LogP contribution in [0.15, 0.2) is 166 Å². The summed E-state index contributed by atoms with van der Waals surface area (Å²) in [6, 6.07) is 51.2. The maximum Gasteiger partial charge on any atom is 0.202 e. The van der Waals surface area contributed by atoms with E-state index in [4.69, 9.17) is 14.4 Å². The quantitative estimate of drug-likeness (QED) is 0.190. The molecule has 0 saturated carbocycles. The molecule has 0 aliphatic carbocycles. The molecule has 0 bridgehead atoms. The molecule has 0 fully saturated rings. The fourth-order valence-electron chi connectivity index (χ4n) is 7.48. The van der Waals surface area contributed by atoms with E-state index in [2.05, 4.69) is 126 Å². The van der Waals surface area contributed by atoms with Crippen molar-refractivity contribution < 1.29 is 4.42 Å². The van der Waals surface area contributed by atoms with Crippen molar-refractivity contribution in [2.75, 3.05) is 11.9 Å². The molecule has 49 heavy (non-hydrogen) atoms. The lowest BCUT2D eigenvalue weighted by Crippen LogP contribution is -2.33. The van der Waals surface area contributed by atoms with E-state index in [9.17, 15) is 0 Å². The van der Waals surface area contributed by atoms with Gasteiger partial charge in [0.05, 0.1) is 5.56 Å². The van der Waals surface area contributed by atoms with Crippen LogP contribution in [-0.2, 0) is 0 Å². The Kier molecular flexibility index (Phi) is 6.24.